The predicted octanol–water partition coefficient (Wildman–Crippen LogP) is 3.78. The van der Waals surface area contributed by atoms with Gasteiger partial charge in [0.1, 0.15) is 0 Å². The molecule has 0 amide bonds. The highest BCUT2D eigenvalue weighted by atomic mass is 15.2. The molecule has 1 aromatic carbocycles. The number of nitrogens with one attached hydrogen (secondary N) is 1. The van der Waals surface area contributed by atoms with Crippen molar-refractivity contribution in [1.29, 1.82) is 5.26 Å². The summed E-state index contributed by atoms with van der Waals surface area (Å²) in [5.74, 6) is 0.630. The zero-order valence-corrected chi connectivity index (χ0v) is 12.3. The molecule has 0 unspecified atom stereocenters. The number of piperidine rings is 1. The van der Waals surface area contributed by atoms with Crippen LogP contribution in [0.15, 0.2) is 24.3 Å². The quantitative estimate of drug-likeness (QED) is 0.909. The third-order valence-electron chi connectivity index (χ3n) is 5.28. The molecule has 1 saturated heterocycles. The highest BCUT2D eigenvalue weighted by Crippen LogP contribution is 2.43. The molecule has 21 heavy (non-hydrogen) atoms. The van der Waals surface area contributed by atoms with Gasteiger partial charge in [-0.3, -0.25) is 4.90 Å². The lowest BCUT2D eigenvalue weighted by Crippen LogP contribution is -2.43. The second-order valence-corrected chi connectivity index (χ2v) is 6.39. The molecular weight excluding hydrogens is 258 g/mol. The number of hydrogen-bond donors (Lipinski definition) is 1. The Balaban J connectivity index is 1.78. The molecule has 3 nitrogen and oxygen atoms in total. The van der Waals surface area contributed by atoms with Crippen molar-refractivity contribution in [3.05, 3.63) is 35.5 Å². The Morgan fingerprint density at radius 2 is 2.19 bits per heavy atom. The Morgan fingerprint density at radius 3 is 3.10 bits per heavy atom. The van der Waals surface area contributed by atoms with Gasteiger partial charge < -0.3 is 4.98 Å². The van der Waals surface area contributed by atoms with Crippen LogP contribution in [0.5, 0.6) is 0 Å². The molecule has 1 fully saturated rings. The largest absolute Gasteiger partial charge is 0.357 e. The van der Waals surface area contributed by atoms with Crippen LogP contribution in [0.1, 0.15) is 43.0 Å². The van der Waals surface area contributed by atoms with Crippen molar-refractivity contribution in [3.8, 4) is 6.07 Å². The van der Waals surface area contributed by atoms with Crippen LogP contribution in [0.25, 0.3) is 10.9 Å². The summed E-state index contributed by atoms with van der Waals surface area (Å²) < 4.78 is 0. The van der Waals surface area contributed by atoms with Crippen molar-refractivity contribution in [2.24, 2.45) is 5.92 Å². The lowest BCUT2D eigenvalue weighted by Gasteiger charge is -2.44. The molecule has 0 aliphatic carbocycles. The zero-order valence-electron chi connectivity index (χ0n) is 12.3. The molecule has 0 bridgehead atoms. The van der Waals surface area contributed by atoms with Crippen LogP contribution >= 0.6 is 0 Å². The summed E-state index contributed by atoms with van der Waals surface area (Å²) in [6, 6.07) is 11.5. The van der Waals surface area contributed by atoms with Crippen molar-refractivity contribution < 1.29 is 0 Å². The van der Waals surface area contributed by atoms with Crippen molar-refractivity contribution in [2.45, 2.75) is 38.1 Å². The van der Waals surface area contributed by atoms with Gasteiger partial charge in [-0.2, -0.15) is 5.26 Å². The number of fused-ring (bicyclic) bond motifs is 5. The van der Waals surface area contributed by atoms with Gasteiger partial charge in [0.05, 0.1) is 12.1 Å². The van der Waals surface area contributed by atoms with Gasteiger partial charge in [-0.05, 0) is 49.8 Å². The molecule has 2 aliphatic rings. The summed E-state index contributed by atoms with van der Waals surface area (Å²) in [6.07, 6.45) is 5.41. The van der Waals surface area contributed by atoms with Gasteiger partial charge in [0.15, 0.2) is 0 Å². The van der Waals surface area contributed by atoms with Gasteiger partial charge in [-0.25, -0.2) is 0 Å². The number of aromatic nitrogens is 1. The number of nitrogens with zero attached hydrogens (tertiary/aromatic N) is 2. The molecule has 4 rings (SSSR count). The maximum Gasteiger partial charge on any atom is 0.0621 e. The number of benzene rings is 1. The highest BCUT2D eigenvalue weighted by Gasteiger charge is 2.37. The first-order chi connectivity index (χ1) is 10.4. The van der Waals surface area contributed by atoms with Crippen molar-refractivity contribution >= 4 is 10.9 Å². The fraction of sp³-hybridized carbons (Fsp3) is 0.500. The molecule has 0 spiro atoms. The van der Waals surface area contributed by atoms with Crippen LogP contribution in [0.2, 0.25) is 0 Å². The first kappa shape index (κ1) is 12.9. The molecule has 3 heteroatoms. The second-order valence-electron chi connectivity index (χ2n) is 6.39. The number of nitriles is 1. The molecule has 2 aromatic rings. The third-order valence-corrected chi connectivity index (χ3v) is 5.28. The van der Waals surface area contributed by atoms with E-state index in [2.05, 4.69) is 40.2 Å². The van der Waals surface area contributed by atoms with E-state index in [0.29, 0.717) is 18.4 Å². The van der Waals surface area contributed by atoms with Crippen LogP contribution in [0.4, 0.5) is 0 Å². The molecule has 3 heterocycles. The fourth-order valence-corrected chi connectivity index (χ4v) is 4.37. The normalized spacial score (nSPS) is 25.3. The Hall–Kier alpha value is -1.79. The topological polar surface area (TPSA) is 42.8 Å². The monoisotopic (exact) mass is 279 g/mol. The summed E-state index contributed by atoms with van der Waals surface area (Å²) >= 11 is 0. The number of rotatable bonds is 2. The van der Waals surface area contributed by atoms with Gasteiger partial charge in [0.25, 0.3) is 0 Å². The van der Waals surface area contributed by atoms with E-state index in [1.54, 1.807) is 0 Å². The number of hydrogen-bond acceptors (Lipinski definition) is 2. The minimum Gasteiger partial charge on any atom is -0.357 e. The number of aromatic amines is 1. The van der Waals surface area contributed by atoms with E-state index in [1.807, 2.05) is 0 Å². The average Bonchev–Trinajstić information content (AvgIpc) is 2.91. The van der Waals surface area contributed by atoms with Crippen LogP contribution in [0, 0.1) is 17.2 Å². The molecule has 2 atom stereocenters. The molecule has 1 aromatic heterocycles. The fourth-order valence-electron chi connectivity index (χ4n) is 4.37. The summed E-state index contributed by atoms with van der Waals surface area (Å²) in [5, 5.41) is 10.3. The molecule has 1 N–H and O–H groups in total. The van der Waals surface area contributed by atoms with Crippen molar-refractivity contribution in [1.82, 2.24) is 9.88 Å². The first-order valence-electron chi connectivity index (χ1n) is 8.09. The molecule has 108 valence electrons. The van der Waals surface area contributed by atoms with Gasteiger partial charge >= 0.3 is 0 Å². The predicted molar refractivity (Wildman–Crippen MR) is 83.9 cm³/mol. The van der Waals surface area contributed by atoms with Crippen LogP contribution in [-0.2, 0) is 6.42 Å². The third kappa shape index (κ3) is 2.06. The lowest BCUT2D eigenvalue weighted by molar-refractivity contribution is 0.0770. The SMILES string of the molecule is N#CCC[C@H]1CCCN2CCc3c([nH]c4ccccc34)[C@@H]12. The Labute approximate surface area is 125 Å². The smallest absolute Gasteiger partial charge is 0.0621 e. The second kappa shape index (κ2) is 5.20. The summed E-state index contributed by atoms with van der Waals surface area (Å²) in [5.41, 5.74) is 4.23. The van der Waals surface area contributed by atoms with E-state index in [1.165, 1.54) is 48.1 Å². The first-order valence-corrected chi connectivity index (χ1v) is 8.09. The Morgan fingerprint density at radius 1 is 1.29 bits per heavy atom. The molecule has 0 radical (unpaired) electrons. The Kier molecular flexibility index (Phi) is 3.20. The van der Waals surface area contributed by atoms with E-state index < -0.39 is 0 Å². The number of para-hydroxylation sites is 1. The van der Waals surface area contributed by atoms with E-state index in [-0.39, 0.29) is 0 Å². The van der Waals surface area contributed by atoms with Gasteiger partial charge in [0, 0.05) is 29.6 Å². The maximum atomic E-state index is 8.93. The summed E-state index contributed by atoms with van der Waals surface area (Å²) in [4.78, 5) is 6.34. The number of H-pyrrole nitrogens is 1. The maximum absolute atomic E-state index is 8.93. The van der Waals surface area contributed by atoms with Gasteiger partial charge in [-0.1, -0.05) is 18.2 Å². The summed E-state index contributed by atoms with van der Waals surface area (Å²) in [7, 11) is 0. The van der Waals surface area contributed by atoms with E-state index in [9.17, 15) is 0 Å². The minimum absolute atomic E-state index is 0.503. The van der Waals surface area contributed by atoms with E-state index >= 15 is 0 Å². The standard InChI is InChI=1S/C18H21N3/c19-10-3-5-13-6-4-11-21-12-9-15-14-7-1-2-8-16(14)20-17(15)18(13)21/h1-2,7-8,13,18,20H,3-6,9,11-12H2/t13-,18+/m0/s1. The minimum atomic E-state index is 0.503. The van der Waals surface area contributed by atoms with Crippen LogP contribution < -0.4 is 0 Å². The van der Waals surface area contributed by atoms with E-state index in [4.69, 9.17) is 5.26 Å². The van der Waals surface area contributed by atoms with Crippen molar-refractivity contribution in [3.63, 3.8) is 0 Å². The molecule has 0 saturated carbocycles. The zero-order chi connectivity index (χ0) is 14.2. The highest BCUT2D eigenvalue weighted by molar-refractivity contribution is 5.85. The molecular formula is C18H21N3. The van der Waals surface area contributed by atoms with Crippen LogP contribution in [-0.4, -0.2) is 23.0 Å². The lowest BCUT2D eigenvalue weighted by atomic mass is 9.80. The van der Waals surface area contributed by atoms with Gasteiger partial charge in [0.2, 0.25) is 0 Å². The Bertz CT molecular complexity index is 694. The molecule has 2 aliphatic heterocycles. The van der Waals surface area contributed by atoms with Crippen LogP contribution in [0.3, 0.4) is 0 Å². The van der Waals surface area contributed by atoms with Crippen molar-refractivity contribution in [2.75, 3.05) is 13.1 Å². The van der Waals surface area contributed by atoms with Gasteiger partial charge in [-0.15, -0.1) is 0 Å². The average molecular weight is 279 g/mol. The van der Waals surface area contributed by atoms with E-state index in [0.717, 1.165) is 12.8 Å². The summed E-state index contributed by atoms with van der Waals surface area (Å²) in [6.45, 7) is 2.38.